The highest BCUT2D eigenvalue weighted by molar-refractivity contribution is 5.94. The van der Waals surface area contributed by atoms with Crippen LogP contribution in [0.25, 0.3) is 0 Å². The fourth-order valence-corrected chi connectivity index (χ4v) is 2.64. The monoisotopic (exact) mass is 246 g/mol. The number of hydrogen-bond donors (Lipinski definition) is 1. The molecule has 1 aliphatic rings. The molecule has 0 spiro atoms. The predicted octanol–water partition coefficient (Wildman–Crippen LogP) is 2.20. The summed E-state index contributed by atoms with van der Waals surface area (Å²) in [6, 6.07) is 8.27. The number of carbonyl (C=O) groups is 1. The molecule has 1 aromatic carbocycles. The molecule has 0 aromatic heterocycles. The molecule has 0 radical (unpaired) electrons. The second-order valence-electron chi connectivity index (χ2n) is 5.09. The first-order valence-electron chi connectivity index (χ1n) is 6.78. The summed E-state index contributed by atoms with van der Waals surface area (Å²) in [5.41, 5.74) is 7.49. The van der Waals surface area contributed by atoms with Crippen LogP contribution >= 0.6 is 0 Å². The summed E-state index contributed by atoms with van der Waals surface area (Å²) in [6.07, 6.45) is 5.66. The van der Waals surface area contributed by atoms with Crippen molar-refractivity contribution in [1.82, 2.24) is 4.90 Å². The number of nitrogens with zero attached hydrogens (tertiary/aromatic N) is 1. The molecule has 1 aromatic rings. The van der Waals surface area contributed by atoms with Crippen molar-refractivity contribution in [3.63, 3.8) is 0 Å². The molecule has 1 amide bonds. The molecule has 0 atom stereocenters. The lowest BCUT2D eigenvalue weighted by atomic mass is 10.1. The molecule has 1 fully saturated rings. The van der Waals surface area contributed by atoms with Gasteiger partial charge < -0.3 is 10.6 Å². The van der Waals surface area contributed by atoms with Crippen molar-refractivity contribution in [2.24, 2.45) is 5.73 Å². The quantitative estimate of drug-likeness (QED) is 0.885. The Kier molecular flexibility index (Phi) is 4.37. The lowest BCUT2D eigenvalue weighted by Crippen LogP contribution is -2.35. The van der Waals surface area contributed by atoms with Gasteiger partial charge in [0.1, 0.15) is 0 Å². The Labute approximate surface area is 109 Å². The van der Waals surface area contributed by atoms with Crippen LogP contribution in [0, 0.1) is 0 Å². The topological polar surface area (TPSA) is 46.3 Å². The summed E-state index contributed by atoms with van der Waals surface area (Å²) < 4.78 is 0. The van der Waals surface area contributed by atoms with E-state index in [1.165, 1.54) is 18.4 Å². The molecule has 2 N–H and O–H groups in total. The van der Waals surface area contributed by atoms with Gasteiger partial charge in [-0.15, -0.1) is 0 Å². The Balaban J connectivity index is 2.03. The number of hydrogen-bond acceptors (Lipinski definition) is 2. The SMILES string of the molecule is CN(C(=O)c1ccc(CCN)cc1)C1CCCC1. The molecule has 2 rings (SSSR count). The number of nitrogens with two attached hydrogens (primary N) is 1. The molecular formula is C15H22N2O. The van der Waals surface area contributed by atoms with Gasteiger partial charge in [0, 0.05) is 18.7 Å². The molecule has 3 heteroatoms. The van der Waals surface area contributed by atoms with Crippen molar-refractivity contribution >= 4 is 5.91 Å². The average molecular weight is 246 g/mol. The van der Waals surface area contributed by atoms with Crippen LogP contribution in [-0.4, -0.2) is 30.4 Å². The second-order valence-corrected chi connectivity index (χ2v) is 5.09. The van der Waals surface area contributed by atoms with Gasteiger partial charge in [-0.3, -0.25) is 4.79 Å². The Bertz CT molecular complexity index is 393. The van der Waals surface area contributed by atoms with Gasteiger partial charge in [-0.1, -0.05) is 25.0 Å². The van der Waals surface area contributed by atoms with Gasteiger partial charge in [0.25, 0.3) is 5.91 Å². The fraction of sp³-hybridized carbons (Fsp3) is 0.533. The van der Waals surface area contributed by atoms with Gasteiger partial charge in [-0.2, -0.15) is 0 Å². The second kappa shape index (κ2) is 6.01. The highest BCUT2D eigenvalue weighted by atomic mass is 16.2. The zero-order chi connectivity index (χ0) is 13.0. The van der Waals surface area contributed by atoms with Crippen molar-refractivity contribution in [1.29, 1.82) is 0 Å². The number of carbonyl (C=O) groups excluding carboxylic acids is 1. The third-order valence-corrected chi connectivity index (χ3v) is 3.83. The van der Waals surface area contributed by atoms with Crippen LogP contribution < -0.4 is 5.73 Å². The van der Waals surface area contributed by atoms with Crippen molar-refractivity contribution in [3.8, 4) is 0 Å². The maximum Gasteiger partial charge on any atom is 0.253 e. The molecule has 1 saturated carbocycles. The van der Waals surface area contributed by atoms with Gasteiger partial charge in [0.15, 0.2) is 0 Å². The Morgan fingerprint density at radius 1 is 1.28 bits per heavy atom. The van der Waals surface area contributed by atoms with E-state index in [4.69, 9.17) is 5.73 Å². The third kappa shape index (κ3) is 2.91. The van der Waals surface area contributed by atoms with Gasteiger partial charge in [0.2, 0.25) is 0 Å². The van der Waals surface area contributed by atoms with E-state index in [0.29, 0.717) is 12.6 Å². The van der Waals surface area contributed by atoms with Gasteiger partial charge in [-0.25, -0.2) is 0 Å². The maximum atomic E-state index is 12.3. The molecule has 0 bridgehead atoms. The van der Waals surface area contributed by atoms with Gasteiger partial charge in [-0.05, 0) is 43.5 Å². The molecule has 0 heterocycles. The fourth-order valence-electron chi connectivity index (χ4n) is 2.64. The zero-order valence-corrected chi connectivity index (χ0v) is 11.1. The Morgan fingerprint density at radius 3 is 2.44 bits per heavy atom. The van der Waals surface area contributed by atoms with E-state index < -0.39 is 0 Å². The van der Waals surface area contributed by atoms with Crippen LogP contribution in [0.3, 0.4) is 0 Å². The highest BCUT2D eigenvalue weighted by Gasteiger charge is 2.23. The Hall–Kier alpha value is -1.35. The first-order valence-corrected chi connectivity index (χ1v) is 6.78. The molecule has 0 aliphatic heterocycles. The molecule has 0 saturated heterocycles. The molecule has 98 valence electrons. The largest absolute Gasteiger partial charge is 0.339 e. The number of rotatable bonds is 4. The number of amides is 1. The van der Waals surface area contributed by atoms with E-state index >= 15 is 0 Å². The summed E-state index contributed by atoms with van der Waals surface area (Å²) in [5.74, 6) is 0.140. The molecule has 0 unspecified atom stereocenters. The summed E-state index contributed by atoms with van der Waals surface area (Å²) in [4.78, 5) is 14.2. The van der Waals surface area contributed by atoms with Crippen molar-refractivity contribution in [3.05, 3.63) is 35.4 Å². The number of benzene rings is 1. The lowest BCUT2D eigenvalue weighted by molar-refractivity contribution is 0.0735. The minimum atomic E-state index is 0.140. The standard InChI is InChI=1S/C15H22N2O/c1-17(14-4-2-3-5-14)15(18)13-8-6-12(7-9-13)10-11-16/h6-9,14H,2-5,10-11,16H2,1H3. The van der Waals surface area contributed by atoms with E-state index in [1.807, 2.05) is 36.2 Å². The first-order chi connectivity index (χ1) is 8.72. The van der Waals surface area contributed by atoms with Crippen LogP contribution in [0.1, 0.15) is 41.6 Å². The minimum Gasteiger partial charge on any atom is -0.339 e. The third-order valence-electron chi connectivity index (χ3n) is 3.83. The zero-order valence-electron chi connectivity index (χ0n) is 11.1. The lowest BCUT2D eigenvalue weighted by Gasteiger charge is -2.24. The van der Waals surface area contributed by atoms with E-state index in [-0.39, 0.29) is 5.91 Å². The van der Waals surface area contributed by atoms with Gasteiger partial charge in [0.05, 0.1) is 0 Å². The van der Waals surface area contributed by atoms with E-state index in [1.54, 1.807) is 0 Å². The van der Waals surface area contributed by atoms with Crippen LogP contribution in [-0.2, 0) is 6.42 Å². The van der Waals surface area contributed by atoms with Crippen LogP contribution in [0.4, 0.5) is 0 Å². The average Bonchev–Trinajstić information content (AvgIpc) is 2.92. The van der Waals surface area contributed by atoms with E-state index in [9.17, 15) is 4.79 Å². The minimum absolute atomic E-state index is 0.140. The van der Waals surface area contributed by atoms with Crippen molar-refractivity contribution in [2.45, 2.75) is 38.1 Å². The van der Waals surface area contributed by atoms with Gasteiger partial charge >= 0.3 is 0 Å². The van der Waals surface area contributed by atoms with E-state index in [2.05, 4.69) is 0 Å². The summed E-state index contributed by atoms with van der Waals surface area (Å²) in [5, 5.41) is 0. The van der Waals surface area contributed by atoms with Crippen LogP contribution in [0.2, 0.25) is 0 Å². The van der Waals surface area contributed by atoms with Crippen LogP contribution in [0.15, 0.2) is 24.3 Å². The summed E-state index contributed by atoms with van der Waals surface area (Å²) >= 11 is 0. The van der Waals surface area contributed by atoms with Crippen molar-refractivity contribution in [2.75, 3.05) is 13.6 Å². The summed E-state index contributed by atoms with van der Waals surface area (Å²) in [6.45, 7) is 0.648. The maximum absolute atomic E-state index is 12.3. The summed E-state index contributed by atoms with van der Waals surface area (Å²) in [7, 11) is 1.92. The smallest absolute Gasteiger partial charge is 0.253 e. The molecular weight excluding hydrogens is 224 g/mol. The predicted molar refractivity (Wildman–Crippen MR) is 73.5 cm³/mol. The normalized spacial score (nSPS) is 15.9. The first kappa shape index (κ1) is 13.1. The van der Waals surface area contributed by atoms with Crippen molar-refractivity contribution < 1.29 is 4.79 Å². The molecule has 18 heavy (non-hydrogen) atoms. The highest BCUT2D eigenvalue weighted by Crippen LogP contribution is 2.23. The molecule has 1 aliphatic carbocycles. The Morgan fingerprint density at radius 2 is 1.89 bits per heavy atom. The van der Waals surface area contributed by atoms with Crippen LogP contribution in [0.5, 0.6) is 0 Å². The molecule has 3 nitrogen and oxygen atoms in total. The van der Waals surface area contributed by atoms with E-state index in [0.717, 1.165) is 24.8 Å².